The summed E-state index contributed by atoms with van der Waals surface area (Å²) >= 11 is 3.38. The third-order valence-electron chi connectivity index (χ3n) is 2.50. The number of amides is 1. The fourth-order valence-corrected chi connectivity index (χ4v) is 1.97. The summed E-state index contributed by atoms with van der Waals surface area (Å²) < 4.78 is 0.959. The van der Waals surface area contributed by atoms with E-state index in [0.29, 0.717) is 5.92 Å². The summed E-state index contributed by atoms with van der Waals surface area (Å²) in [5.74, 6) is 0.614. The van der Waals surface area contributed by atoms with Gasteiger partial charge in [0.15, 0.2) is 0 Å². The molecule has 0 aliphatic heterocycles. The number of carbonyl (C=O) groups excluding carboxylic acids is 1. The van der Waals surface area contributed by atoms with Gasteiger partial charge in [0.05, 0.1) is 0 Å². The van der Waals surface area contributed by atoms with Gasteiger partial charge in [-0.2, -0.15) is 0 Å². The van der Waals surface area contributed by atoms with Gasteiger partial charge in [-0.15, -0.1) is 0 Å². The van der Waals surface area contributed by atoms with Crippen molar-refractivity contribution in [2.45, 2.75) is 18.8 Å². The largest absolute Gasteiger partial charge is 0.355 e. The van der Waals surface area contributed by atoms with Gasteiger partial charge < -0.3 is 5.32 Å². The fourth-order valence-electron chi connectivity index (χ4n) is 1.61. The molecule has 0 spiro atoms. The van der Waals surface area contributed by atoms with Crippen LogP contribution in [-0.4, -0.2) is 13.0 Å². The van der Waals surface area contributed by atoms with E-state index in [2.05, 4.69) is 21.2 Å². The molecule has 1 aliphatic carbocycles. The molecule has 0 radical (unpaired) electrons. The lowest BCUT2D eigenvalue weighted by atomic mass is 10.0. The molecule has 1 fully saturated rings. The van der Waals surface area contributed by atoms with Crippen LogP contribution in [0.2, 0.25) is 0 Å². The summed E-state index contributed by atoms with van der Waals surface area (Å²) in [6, 6.07) is 5.94. The lowest BCUT2D eigenvalue weighted by molar-refractivity contribution is 0.0962. The summed E-state index contributed by atoms with van der Waals surface area (Å²) in [5.41, 5.74) is 2.00. The van der Waals surface area contributed by atoms with E-state index in [1.54, 1.807) is 7.05 Å². The van der Waals surface area contributed by atoms with Gasteiger partial charge in [0.2, 0.25) is 0 Å². The first kappa shape index (κ1) is 9.71. The molecule has 1 aromatic carbocycles. The van der Waals surface area contributed by atoms with Gasteiger partial charge >= 0.3 is 0 Å². The molecule has 2 nitrogen and oxygen atoms in total. The Kier molecular flexibility index (Phi) is 2.59. The van der Waals surface area contributed by atoms with E-state index in [9.17, 15) is 4.79 Å². The maximum absolute atomic E-state index is 11.6. The van der Waals surface area contributed by atoms with E-state index < -0.39 is 0 Å². The number of halogens is 1. The van der Waals surface area contributed by atoms with Crippen molar-refractivity contribution in [2.75, 3.05) is 7.05 Å². The molecule has 14 heavy (non-hydrogen) atoms. The highest BCUT2D eigenvalue weighted by Gasteiger charge is 2.27. The highest BCUT2D eigenvalue weighted by Crippen LogP contribution is 2.42. The molecule has 0 heterocycles. The van der Waals surface area contributed by atoms with Gasteiger partial charge in [-0.25, -0.2) is 0 Å². The van der Waals surface area contributed by atoms with Crippen molar-refractivity contribution in [2.24, 2.45) is 0 Å². The zero-order valence-corrected chi connectivity index (χ0v) is 9.60. The minimum absolute atomic E-state index is 0.00759. The standard InChI is InChI=1S/C11H12BrNO/c1-13-11(14)10-6-8(12)4-5-9(10)7-2-3-7/h4-7H,2-3H2,1H3,(H,13,14). The van der Waals surface area contributed by atoms with Crippen molar-refractivity contribution in [3.05, 3.63) is 33.8 Å². The first-order valence-electron chi connectivity index (χ1n) is 4.74. The Hall–Kier alpha value is -0.830. The molecular weight excluding hydrogens is 242 g/mol. The summed E-state index contributed by atoms with van der Waals surface area (Å²) in [6.07, 6.45) is 2.43. The molecule has 1 aromatic rings. The number of nitrogens with one attached hydrogen (secondary N) is 1. The van der Waals surface area contributed by atoms with Gasteiger partial charge in [-0.05, 0) is 36.5 Å². The first-order valence-corrected chi connectivity index (χ1v) is 5.53. The zero-order valence-electron chi connectivity index (χ0n) is 8.01. The molecule has 3 heteroatoms. The van der Waals surface area contributed by atoms with Crippen LogP contribution in [0.4, 0.5) is 0 Å². The number of rotatable bonds is 2. The molecule has 74 valence electrons. The van der Waals surface area contributed by atoms with Crippen LogP contribution in [0.25, 0.3) is 0 Å². The van der Waals surface area contributed by atoms with E-state index in [1.165, 1.54) is 18.4 Å². The van der Waals surface area contributed by atoms with Gasteiger partial charge in [0, 0.05) is 17.1 Å². The van der Waals surface area contributed by atoms with E-state index in [0.717, 1.165) is 10.0 Å². The van der Waals surface area contributed by atoms with Crippen LogP contribution in [0.15, 0.2) is 22.7 Å². The average molecular weight is 254 g/mol. The van der Waals surface area contributed by atoms with Gasteiger partial charge in [0.1, 0.15) is 0 Å². The first-order chi connectivity index (χ1) is 6.72. The topological polar surface area (TPSA) is 29.1 Å². The molecule has 0 unspecified atom stereocenters. The van der Waals surface area contributed by atoms with Crippen LogP contribution < -0.4 is 5.32 Å². The molecule has 1 N–H and O–H groups in total. The summed E-state index contributed by atoms with van der Waals surface area (Å²) in [5, 5.41) is 2.67. The predicted octanol–water partition coefficient (Wildman–Crippen LogP) is 2.69. The molecule has 0 bridgehead atoms. The van der Waals surface area contributed by atoms with E-state index in [1.807, 2.05) is 18.2 Å². The third kappa shape index (κ3) is 1.82. The SMILES string of the molecule is CNC(=O)c1cc(Br)ccc1C1CC1. The fraction of sp³-hybridized carbons (Fsp3) is 0.364. The minimum Gasteiger partial charge on any atom is -0.355 e. The zero-order chi connectivity index (χ0) is 10.1. The molecule has 1 amide bonds. The highest BCUT2D eigenvalue weighted by atomic mass is 79.9. The Morgan fingerprint density at radius 1 is 1.50 bits per heavy atom. The molecule has 1 aliphatic rings. The second-order valence-electron chi connectivity index (χ2n) is 3.58. The Balaban J connectivity index is 2.42. The van der Waals surface area contributed by atoms with E-state index >= 15 is 0 Å². The number of hydrogen-bond acceptors (Lipinski definition) is 1. The van der Waals surface area contributed by atoms with Crippen LogP contribution in [0.5, 0.6) is 0 Å². The number of benzene rings is 1. The van der Waals surface area contributed by atoms with Crippen molar-refractivity contribution in [1.29, 1.82) is 0 Å². The summed E-state index contributed by atoms with van der Waals surface area (Å²) in [4.78, 5) is 11.6. The molecule has 0 saturated heterocycles. The molecule has 1 saturated carbocycles. The molecular formula is C11H12BrNO. The van der Waals surface area contributed by atoms with Crippen molar-refractivity contribution in [3.8, 4) is 0 Å². The molecule has 0 aromatic heterocycles. The van der Waals surface area contributed by atoms with Crippen LogP contribution >= 0.6 is 15.9 Å². The second kappa shape index (κ2) is 3.73. The van der Waals surface area contributed by atoms with E-state index in [4.69, 9.17) is 0 Å². The van der Waals surface area contributed by atoms with Gasteiger partial charge in [-0.3, -0.25) is 4.79 Å². The quantitative estimate of drug-likeness (QED) is 0.863. The van der Waals surface area contributed by atoms with Crippen LogP contribution in [0.1, 0.15) is 34.7 Å². The maximum Gasteiger partial charge on any atom is 0.251 e. The summed E-state index contributed by atoms with van der Waals surface area (Å²) in [7, 11) is 1.67. The Bertz CT molecular complexity index is 372. The average Bonchev–Trinajstić information content (AvgIpc) is 3.00. The Morgan fingerprint density at radius 3 is 2.79 bits per heavy atom. The van der Waals surface area contributed by atoms with Crippen molar-refractivity contribution in [1.82, 2.24) is 5.32 Å². The van der Waals surface area contributed by atoms with Crippen molar-refractivity contribution >= 4 is 21.8 Å². The van der Waals surface area contributed by atoms with Crippen LogP contribution in [0.3, 0.4) is 0 Å². The lowest BCUT2D eigenvalue weighted by Gasteiger charge is -2.07. The minimum atomic E-state index is 0.00759. The number of hydrogen-bond donors (Lipinski definition) is 1. The highest BCUT2D eigenvalue weighted by molar-refractivity contribution is 9.10. The molecule has 0 atom stereocenters. The van der Waals surface area contributed by atoms with Crippen molar-refractivity contribution < 1.29 is 4.79 Å². The van der Waals surface area contributed by atoms with Crippen LogP contribution in [0, 0.1) is 0 Å². The normalized spacial score (nSPS) is 15.3. The predicted molar refractivity (Wildman–Crippen MR) is 59.5 cm³/mol. The van der Waals surface area contributed by atoms with Crippen molar-refractivity contribution in [3.63, 3.8) is 0 Å². The monoisotopic (exact) mass is 253 g/mol. The maximum atomic E-state index is 11.6. The molecule has 2 rings (SSSR count). The van der Waals surface area contributed by atoms with Crippen LogP contribution in [-0.2, 0) is 0 Å². The second-order valence-corrected chi connectivity index (χ2v) is 4.50. The number of carbonyl (C=O) groups is 1. The smallest absolute Gasteiger partial charge is 0.251 e. The summed E-state index contributed by atoms with van der Waals surface area (Å²) in [6.45, 7) is 0. The lowest BCUT2D eigenvalue weighted by Crippen LogP contribution is -2.19. The van der Waals surface area contributed by atoms with E-state index in [-0.39, 0.29) is 5.91 Å². The Labute approximate surface area is 91.8 Å². The van der Waals surface area contributed by atoms with Gasteiger partial charge in [0.25, 0.3) is 5.91 Å². The third-order valence-corrected chi connectivity index (χ3v) is 3.00. The Morgan fingerprint density at radius 2 is 2.21 bits per heavy atom. The van der Waals surface area contributed by atoms with Gasteiger partial charge in [-0.1, -0.05) is 22.0 Å².